The predicted octanol–water partition coefficient (Wildman–Crippen LogP) is 2.34. The van der Waals surface area contributed by atoms with Gasteiger partial charge in [-0.05, 0) is 25.1 Å². The molecule has 0 saturated heterocycles. The van der Waals surface area contributed by atoms with Crippen molar-refractivity contribution in [2.45, 2.75) is 6.92 Å². The van der Waals surface area contributed by atoms with Gasteiger partial charge in [0.25, 0.3) is 11.6 Å². The summed E-state index contributed by atoms with van der Waals surface area (Å²) in [5.41, 5.74) is 1.62. The number of ether oxygens (including phenoxy) is 1. The summed E-state index contributed by atoms with van der Waals surface area (Å²) in [5.74, 6) is 0.576. The van der Waals surface area contributed by atoms with Gasteiger partial charge in [0.15, 0.2) is 0 Å². The summed E-state index contributed by atoms with van der Waals surface area (Å²) in [6.07, 6.45) is 1.47. The number of fused-ring (bicyclic) bond motifs is 1. The zero-order chi connectivity index (χ0) is 15.4. The minimum atomic E-state index is -0.202. The Morgan fingerprint density at radius 3 is 2.95 bits per heavy atom. The molecule has 6 heteroatoms. The van der Waals surface area contributed by atoms with Gasteiger partial charge in [0, 0.05) is 6.20 Å². The van der Waals surface area contributed by atoms with Crippen LogP contribution in [0.4, 0.5) is 0 Å². The monoisotopic (exact) mass is 297 g/mol. The Bertz CT molecular complexity index is 784. The molecule has 0 aliphatic rings. The number of pyridine rings is 1. The van der Waals surface area contributed by atoms with Crippen LogP contribution in [0.5, 0.6) is 5.75 Å². The van der Waals surface area contributed by atoms with Gasteiger partial charge in [-0.3, -0.25) is 4.79 Å². The molecule has 0 unspecified atom stereocenters. The summed E-state index contributed by atoms with van der Waals surface area (Å²) in [5, 5.41) is 7.35. The van der Waals surface area contributed by atoms with Crippen molar-refractivity contribution in [3.63, 3.8) is 0 Å². The Morgan fingerprint density at radius 1 is 1.32 bits per heavy atom. The third kappa shape index (κ3) is 3.06. The van der Waals surface area contributed by atoms with Crippen LogP contribution in [0.25, 0.3) is 11.1 Å². The summed E-state index contributed by atoms with van der Waals surface area (Å²) in [7, 11) is 0. The Labute approximate surface area is 127 Å². The Balaban J connectivity index is 1.55. The highest BCUT2D eigenvalue weighted by atomic mass is 16.5. The van der Waals surface area contributed by atoms with Crippen LogP contribution in [0.3, 0.4) is 0 Å². The van der Waals surface area contributed by atoms with Crippen LogP contribution in [-0.2, 0) is 0 Å². The van der Waals surface area contributed by atoms with E-state index in [2.05, 4.69) is 15.5 Å². The van der Waals surface area contributed by atoms with Crippen molar-refractivity contribution in [3.05, 3.63) is 53.9 Å². The maximum atomic E-state index is 12.1. The van der Waals surface area contributed by atoms with Gasteiger partial charge in [0.1, 0.15) is 12.4 Å². The first-order valence-electron chi connectivity index (χ1n) is 6.92. The minimum absolute atomic E-state index is 0.202. The first kappa shape index (κ1) is 14.1. The van der Waals surface area contributed by atoms with Gasteiger partial charge in [0.2, 0.25) is 0 Å². The summed E-state index contributed by atoms with van der Waals surface area (Å²) < 4.78 is 10.5. The van der Waals surface area contributed by atoms with E-state index >= 15 is 0 Å². The second kappa shape index (κ2) is 6.26. The second-order valence-electron chi connectivity index (χ2n) is 4.76. The number of rotatable bonds is 5. The molecule has 1 amide bonds. The lowest BCUT2D eigenvalue weighted by atomic mass is 10.2. The number of hydrogen-bond donors (Lipinski definition) is 1. The number of benzene rings is 1. The van der Waals surface area contributed by atoms with E-state index in [1.54, 1.807) is 6.07 Å². The van der Waals surface area contributed by atoms with Crippen LogP contribution in [0.2, 0.25) is 0 Å². The topological polar surface area (TPSA) is 77.2 Å². The molecule has 6 nitrogen and oxygen atoms in total. The third-order valence-electron chi connectivity index (χ3n) is 3.17. The lowest BCUT2D eigenvalue weighted by Gasteiger charge is -2.07. The molecule has 112 valence electrons. The molecule has 1 aromatic carbocycles. The molecule has 3 aromatic rings. The number of carbonyl (C=O) groups excluding carboxylic acids is 1. The molecule has 2 heterocycles. The molecule has 2 aromatic heterocycles. The number of hydrogen-bond acceptors (Lipinski definition) is 5. The zero-order valence-electron chi connectivity index (χ0n) is 12.1. The largest absolute Gasteiger partial charge is 0.492 e. The van der Waals surface area contributed by atoms with Crippen LogP contribution >= 0.6 is 0 Å². The fraction of sp³-hybridized carbons (Fsp3) is 0.188. The van der Waals surface area contributed by atoms with Crippen molar-refractivity contribution in [1.29, 1.82) is 0 Å². The maximum Gasteiger partial charge on any atom is 0.257 e. The number of nitrogens with zero attached hydrogens (tertiary/aromatic N) is 2. The van der Waals surface area contributed by atoms with E-state index in [4.69, 9.17) is 9.26 Å². The number of amides is 1. The standard InChI is InChI=1S/C16H15N3O3/c1-11-14-9-12(10-18-16(14)22-19-11)15(20)17-7-8-21-13-5-3-2-4-6-13/h2-6,9-10H,7-8H2,1H3,(H,17,20). The van der Waals surface area contributed by atoms with Gasteiger partial charge < -0.3 is 14.6 Å². The van der Waals surface area contributed by atoms with Gasteiger partial charge in [-0.25, -0.2) is 4.98 Å². The van der Waals surface area contributed by atoms with Crippen molar-refractivity contribution in [3.8, 4) is 5.75 Å². The SMILES string of the molecule is Cc1noc2ncc(C(=O)NCCOc3ccccc3)cc12. The third-order valence-corrected chi connectivity index (χ3v) is 3.17. The quantitative estimate of drug-likeness (QED) is 0.731. The molecule has 22 heavy (non-hydrogen) atoms. The molecule has 0 aliphatic carbocycles. The molecule has 0 atom stereocenters. The molecule has 0 spiro atoms. The first-order valence-corrected chi connectivity index (χ1v) is 6.92. The van der Waals surface area contributed by atoms with Gasteiger partial charge in [0.05, 0.1) is 23.2 Å². The van der Waals surface area contributed by atoms with E-state index in [1.165, 1.54) is 6.20 Å². The van der Waals surface area contributed by atoms with Crippen molar-refractivity contribution >= 4 is 17.0 Å². The lowest BCUT2D eigenvalue weighted by molar-refractivity contribution is 0.0947. The minimum Gasteiger partial charge on any atom is -0.492 e. The van der Waals surface area contributed by atoms with E-state index in [0.29, 0.717) is 30.1 Å². The molecule has 0 radical (unpaired) electrons. The van der Waals surface area contributed by atoms with E-state index < -0.39 is 0 Å². The highest BCUT2D eigenvalue weighted by Crippen LogP contribution is 2.16. The van der Waals surface area contributed by atoms with E-state index in [0.717, 1.165) is 11.1 Å². The highest BCUT2D eigenvalue weighted by Gasteiger charge is 2.11. The molecular weight excluding hydrogens is 282 g/mol. The predicted molar refractivity (Wildman–Crippen MR) is 80.8 cm³/mol. The average Bonchev–Trinajstić information content (AvgIpc) is 2.93. The Morgan fingerprint density at radius 2 is 2.14 bits per heavy atom. The summed E-state index contributed by atoms with van der Waals surface area (Å²) in [6, 6.07) is 11.2. The number of para-hydroxylation sites is 1. The first-order chi connectivity index (χ1) is 10.7. The number of aromatic nitrogens is 2. The Kier molecular flexibility index (Phi) is 4.00. The highest BCUT2D eigenvalue weighted by molar-refractivity contribution is 5.96. The molecule has 1 N–H and O–H groups in total. The second-order valence-corrected chi connectivity index (χ2v) is 4.76. The van der Waals surface area contributed by atoms with Crippen LogP contribution in [0, 0.1) is 6.92 Å². The van der Waals surface area contributed by atoms with Gasteiger partial charge in [-0.2, -0.15) is 0 Å². The van der Waals surface area contributed by atoms with Crippen LogP contribution in [0.1, 0.15) is 16.1 Å². The smallest absolute Gasteiger partial charge is 0.257 e. The van der Waals surface area contributed by atoms with Gasteiger partial charge in [-0.1, -0.05) is 23.4 Å². The van der Waals surface area contributed by atoms with Gasteiger partial charge >= 0.3 is 0 Å². The summed E-state index contributed by atoms with van der Waals surface area (Å²) >= 11 is 0. The molecular formula is C16H15N3O3. The normalized spacial score (nSPS) is 10.6. The lowest BCUT2D eigenvalue weighted by Crippen LogP contribution is -2.28. The average molecular weight is 297 g/mol. The van der Waals surface area contributed by atoms with Crippen LogP contribution in [-0.4, -0.2) is 29.2 Å². The van der Waals surface area contributed by atoms with Crippen LogP contribution in [0.15, 0.2) is 47.1 Å². The van der Waals surface area contributed by atoms with Crippen molar-refractivity contribution < 1.29 is 14.1 Å². The van der Waals surface area contributed by atoms with E-state index in [9.17, 15) is 4.79 Å². The maximum absolute atomic E-state index is 12.1. The number of nitrogens with one attached hydrogen (secondary N) is 1. The van der Waals surface area contributed by atoms with E-state index in [-0.39, 0.29) is 5.91 Å². The number of carbonyl (C=O) groups is 1. The molecule has 0 saturated carbocycles. The van der Waals surface area contributed by atoms with Gasteiger partial charge in [-0.15, -0.1) is 0 Å². The van der Waals surface area contributed by atoms with Crippen molar-refractivity contribution in [2.24, 2.45) is 0 Å². The molecule has 0 aliphatic heterocycles. The molecule has 0 fully saturated rings. The zero-order valence-corrected chi connectivity index (χ0v) is 12.1. The molecule has 0 bridgehead atoms. The fourth-order valence-electron chi connectivity index (χ4n) is 2.02. The Hall–Kier alpha value is -2.89. The van der Waals surface area contributed by atoms with Crippen LogP contribution < -0.4 is 10.1 Å². The van der Waals surface area contributed by atoms with Crippen molar-refractivity contribution in [1.82, 2.24) is 15.5 Å². The fourth-order valence-corrected chi connectivity index (χ4v) is 2.02. The summed E-state index contributed by atoms with van der Waals surface area (Å²) in [6.45, 7) is 2.62. The summed E-state index contributed by atoms with van der Waals surface area (Å²) in [4.78, 5) is 16.2. The molecule has 3 rings (SSSR count). The van der Waals surface area contributed by atoms with Crippen molar-refractivity contribution in [2.75, 3.05) is 13.2 Å². The van der Waals surface area contributed by atoms with E-state index in [1.807, 2.05) is 37.3 Å². The number of aryl methyl sites for hydroxylation is 1.